The summed E-state index contributed by atoms with van der Waals surface area (Å²) in [5.74, 6) is 0.000495. The first-order valence-electron chi connectivity index (χ1n) is 8.34. The summed E-state index contributed by atoms with van der Waals surface area (Å²) < 4.78 is 27.6. The fourth-order valence-corrected chi connectivity index (χ4v) is 3.54. The van der Waals surface area contributed by atoms with Crippen molar-refractivity contribution < 1.29 is 17.4 Å². The summed E-state index contributed by atoms with van der Waals surface area (Å²) in [5.41, 5.74) is 1.15. The Labute approximate surface area is 170 Å². The van der Waals surface area contributed by atoms with E-state index in [1.165, 1.54) is 0 Å². The van der Waals surface area contributed by atoms with E-state index in [1.807, 2.05) is 19.9 Å². The molecule has 1 atom stereocenters. The van der Waals surface area contributed by atoms with E-state index in [0.717, 1.165) is 18.2 Å². The van der Waals surface area contributed by atoms with Crippen LogP contribution in [0.5, 0.6) is 5.75 Å². The number of hydrogen-bond donors (Lipinski definition) is 0. The molecule has 0 spiro atoms. The number of carbonyl (C=O) groups is 1. The summed E-state index contributed by atoms with van der Waals surface area (Å²) in [6.45, 7) is 4.22. The highest BCUT2D eigenvalue weighted by Gasteiger charge is 2.22. The summed E-state index contributed by atoms with van der Waals surface area (Å²) in [6, 6.07) is 11.3. The summed E-state index contributed by atoms with van der Waals surface area (Å²) in [6.07, 6.45) is 1.73. The van der Waals surface area contributed by atoms with Crippen molar-refractivity contribution in [1.29, 1.82) is 0 Å². The maximum atomic E-state index is 13.0. The lowest BCUT2D eigenvalue weighted by atomic mass is 10.1. The monoisotopic (exact) mass is 429 g/mol. The molecule has 2 rings (SSSR count). The van der Waals surface area contributed by atoms with Crippen LogP contribution >= 0.6 is 23.2 Å². The lowest BCUT2D eigenvalue weighted by Gasteiger charge is -2.29. The zero-order valence-corrected chi connectivity index (χ0v) is 17.6. The Morgan fingerprint density at radius 3 is 2.33 bits per heavy atom. The first kappa shape index (κ1) is 21.5. The average Bonchev–Trinajstić information content (AvgIpc) is 2.56. The molecule has 1 unspecified atom stereocenters. The average molecular weight is 430 g/mol. The molecule has 0 bridgehead atoms. The molecule has 0 aromatic heterocycles. The second kappa shape index (κ2) is 8.95. The highest BCUT2D eigenvalue weighted by molar-refractivity contribution is 7.86. The standard InChI is InChI=1S/C19H21Cl2NO4S/c1-4-13(2)22(19(23)15-9-16(20)11-17(21)10-15)12-14-6-5-7-18(8-14)26-27(3,24)25/h5-11,13H,4,12H2,1-3H3. The molecule has 2 aromatic carbocycles. The van der Waals surface area contributed by atoms with Crippen LogP contribution in [0.15, 0.2) is 42.5 Å². The van der Waals surface area contributed by atoms with E-state index in [0.29, 0.717) is 22.2 Å². The minimum absolute atomic E-state index is 0.0465. The van der Waals surface area contributed by atoms with E-state index in [1.54, 1.807) is 41.3 Å². The molecular formula is C19H21Cl2NO4S. The zero-order chi connectivity index (χ0) is 20.2. The molecule has 0 fully saturated rings. The number of rotatable bonds is 7. The SMILES string of the molecule is CCC(C)N(Cc1cccc(OS(C)(=O)=O)c1)C(=O)c1cc(Cl)cc(Cl)c1. The van der Waals surface area contributed by atoms with Crippen molar-refractivity contribution in [2.24, 2.45) is 0 Å². The van der Waals surface area contributed by atoms with Gasteiger partial charge in [-0.2, -0.15) is 8.42 Å². The van der Waals surface area contributed by atoms with Gasteiger partial charge < -0.3 is 9.08 Å². The second-order valence-corrected chi connectivity index (χ2v) is 8.73. The molecule has 0 saturated carbocycles. The smallest absolute Gasteiger partial charge is 0.306 e. The molecule has 5 nitrogen and oxygen atoms in total. The summed E-state index contributed by atoms with van der Waals surface area (Å²) in [5, 5.41) is 0.775. The first-order chi connectivity index (χ1) is 12.6. The van der Waals surface area contributed by atoms with Crippen LogP contribution in [-0.2, 0) is 16.7 Å². The van der Waals surface area contributed by atoms with Crippen LogP contribution in [0.25, 0.3) is 0 Å². The van der Waals surface area contributed by atoms with Crippen LogP contribution in [0.2, 0.25) is 10.0 Å². The predicted octanol–water partition coefficient (Wildman–Crippen LogP) is 4.77. The maximum absolute atomic E-state index is 13.0. The van der Waals surface area contributed by atoms with Gasteiger partial charge >= 0.3 is 10.1 Å². The third kappa shape index (κ3) is 6.41. The Morgan fingerprint density at radius 1 is 1.15 bits per heavy atom. The molecule has 2 aromatic rings. The number of carbonyl (C=O) groups excluding carboxylic acids is 1. The number of nitrogens with zero attached hydrogens (tertiary/aromatic N) is 1. The van der Waals surface area contributed by atoms with Gasteiger partial charge in [-0.25, -0.2) is 0 Å². The number of hydrogen-bond acceptors (Lipinski definition) is 4. The van der Waals surface area contributed by atoms with Crippen molar-refractivity contribution in [3.05, 3.63) is 63.6 Å². The summed E-state index contributed by atoms with van der Waals surface area (Å²) >= 11 is 12.1. The van der Waals surface area contributed by atoms with Gasteiger partial charge in [-0.05, 0) is 49.2 Å². The zero-order valence-electron chi connectivity index (χ0n) is 15.3. The number of halogens is 2. The van der Waals surface area contributed by atoms with Crippen LogP contribution in [0.3, 0.4) is 0 Å². The number of benzene rings is 2. The van der Waals surface area contributed by atoms with Gasteiger partial charge in [0.05, 0.1) is 6.26 Å². The van der Waals surface area contributed by atoms with Crippen LogP contribution in [-0.4, -0.2) is 31.5 Å². The molecule has 0 N–H and O–H groups in total. The van der Waals surface area contributed by atoms with E-state index in [2.05, 4.69) is 0 Å². The van der Waals surface area contributed by atoms with Crippen molar-refractivity contribution in [1.82, 2.24) is 4.90 Å². The molecular weight excluding hydrogens is 409 g/mol. The fraction of sp³-hybridized carbons (Fsp3) is 0.316. The van der Waals surface area contributed by atoms with Crippen LogP contribution in [0.4, 0.5) is 0 Å². The normalized spacial score (nSPS) is 12.5. The van der Waals surface area contributed by atoms with Gasteiger partial charge in [-0.15, -0.1) is 0 Å². The third-order valence-electron chi connectivity index (χ3n) is 3.99. The van der Waals surface area contributed by atoms with Gasteiger partial charge in [-0.3, -0.25) is 4.79 Å². The quantitative estimate of drug-likeness (QED) is 0.594. The number of amides is 1. The first-order valence-corrected chi connectivity index (χ1v) is 10.9. The van der Waals surface area contributed by atoms with E-state index >= 15 is 0 Å². The highest BCUT2D eigenvalue weighted by atomic mass is 35.5. The van der Waals surface area contributed by atoms with Crippen LogP contribution in [0, 0.1) is 0 Å². The third-order valence-corrected chi connectivity index (χ3v) is 4.92. The molecule has 0 aliphatic carbocycles. The molecule has 0 heterocycles. The van der Waals surface area contributed by atoms with Gasteiger partial charge in [0, 0.05) is 28.2 Å². The topological polar surface area (TPSA) is 63.7 Å². The van der Waals surface area contributed by atoms with Gasteiger partial charge in [0.25, 0.3) is 5.91 Å². The fourth-order valence-electron chi connectivity index (χ4n) is 2.56. The summed E-state index contributed by atoms with van der Waals surface area (Å²) in [4.78, 5) is 14.7. The Kier molecular flexibility index (Phi) is 7.14. The van der Waals surface area contributed by atoms with Gasteiger partial charge in [0.15, 0.2) is 0 Å². The second-order valence-electron chi connectivity index (χ2n) is 6.28. The van der Waals surface area contributed by atoms with Crippen LogP contribution in [0.1, 0.15) is 36.2 Å². The van der Waals surface area contributed by atoms with E-state index < -0.39 is 10.1 Å². The Bertz CT molecular complexity index is 911. The predicted molar refractivity (Wildman–Crippen MR) is 108 cm³/mol. The molecule has 27 heavy (non-hydrogen) atoms. The summed E-state index contributed by atoms with van der Waals surface area (Å²) in [7, 11) is -3.62. The molecule has 146 valence electrons. The van der Waals surface area contributed by atoms with Crippen LogP contribution < -0.4 is 4.18 Å². The largest absolute Gasteiger partial charge is 0.383 e. The molecule has 8 heteroatoms. The molecule has 0 aliphatic rings. The minimum Gasteiger partial charge on any atom is -0.383 e. The van der Waals surface area contributed by atoms with Crippen molar-refractivity contribution in [3.8, 4) is 5.75 Å². The van der Waals surface area contributed by atoms with Crippen molar-refractivity contribution in [2.45, 2.75) is 32.9 Å². The van der Waals surface area contributed by atoms with Crippen molar-refractivity contribution >= 4 is 39.2 Å². The van der Waals surface area contributed by atoms with Gasteiger partial charge in [0.1, 0.15) is 5.75 Å². The molecule has 1 amide bonds. The van der Waals surface area contributed by atoms with Crippen molar-refractivity contribution in [3.63, 3.8) is 0 Å². The van der Waals surface area contributed by atoms with E-state index in [4.69, 9.17) is 27.4 Å². The Morgan fingerprint density at radius 2 is 1.78 bits per heavy atom. The highest BCUT2D eigenvalue weighted by Crippen LogP contribution is 2.23. The lowest BCUT2D eigenvalue weighted by Crippen LogP contribution is -2.37. The van der Waals surface area contributed by atoms with Gasteiger partial charge in [0.2, 0.25) is 0 Å². The van der Waals surface area contributed by atoms with Gasteiger partial charge in [-0.1, -0.05) is 42.3 Å². The van der Waals surface area contributed by atoms with Crippen molar-refractivity contribution in [2.75, 3.05) is 6.26 Å². The maximum Gasteiger partial charge on any atom is 0.306 e. The minimum atomic E-state index is -3.62. The Balaban J connectivity index is 2.32. The van der Waals surface area contributed by atoms with E-state index in [-0.39, 0.29) is 17.7 Å². The molecule has 0 radical (unpaired) electrons. The lowest BCUT2D eigenvalue weighted by molar-refractivity contribution is 0.0671. The molecule has 0 saturated heterocycles. The molecule has 0 aliphatic heterocycles. The van der Waals surface area contributed by atoms with E-state index in [9.17, 15) is 13.2 Å². The Hall–Kier alpha value is -1.76.